The maximum atomic E-state index is 14.6. The van der Waals surface area contributed by atoms with Gasteiger partial charge in [-0.15, -0.1) is 0 Å². The SMILES string of the molecule is CNC(=O)c1c(Nc2nc(Nc3cc4c(cc3OC)CCCN4C(=O)CN(C)C)nc3[nH]ccc23)ccc(F)c1F. The van der Waals surface area contributed by atoms with E-state index in [1.165, 1.54) is 13.1 Å². The molecule has 0 unspecified atom stereocenters. The highest BCUT2D eigenvalue weighted by atomic mass is 19.2. The number of likely N-dealkylation sites (N-methyl/N-ethyl adjacent to an activating group) is 1. The van der Waals surface area contributed by atoms with Gasteiger partial charge in [-0.25, -0.2) is 8.78 Å². The summed E-state index contributed by atoms with van der Waals surface area (Å²) in [7, 11) is 6.58. The molecule has 1 aliphatic rings. The third-order valence-electron chi connectivity index (χ3n) is 6.74. The van der Waals surface area contributed by atoms with Crippen molar-refractivity contribution in [2.45, 2.75) is 12.8 Å². The van der Waals surface area contributed by atoms with Gasteiger partial charge in [0.15, 0.2) is 11.6 Å². The van der Waals surface area contributed by atoms with Crippen LogP contribution < -0.4 is 25.6 Å². The molecule has 0 aliphatic carbocycles. The van der Waals surface area contributed by atoms with E-state index in [-0.39, 0.29) is 29.9 Å². The van der Waals surface area contributed by atoms with Crippen LogP contribution in [-0.2, 0) is 11.2 Å². The molecule has 11 nitrogen and oxygen atoms in total. The fourth-order valence-corrected chi connectivity index (χ4v) is 4.83. The highest BCUT2D eigenvalue weighted by Gasteiger charge is 2.26. The lowest BCUT2D eigenvalue weighted by atomic mass is 10.00. The van der Waals surface area contributed by atoms with Gasteiger partial charge in [0.1, 0.15) is 22.8 Å². The van der Waals surface area contributed by atoms with Crippen molar-refractivity contribution in [1.82, 2.24) is 25.2 Å². The Kier molecular flexibility index (Phi) is 7.70. The van der Waals surface area contributed by atoms with E-state index in [9.17, 15) is 18.4 Å². The largest absolute Gasteiger partial charge is 0.495 e. The third-order valence-corrected chi connectivity index (χ3v) is 6.74. The van der Waals surface area contributed by atoms with Crippen LogP contribution in [0.15, 0.2) is 36.5 Å². The quantitative estimate of drug-likeness (QED) is 0.254. The van der Waals surface area contributed by atoms with E-state index >= 15 is 0 Å². The van der Waals surface area contributed by atoms with Crippen molar-refractivity contribution in [2.24, 2.45) is 0 Å². The van der Waals surface area contributed by atoms with Gasteiger partial charge in [0.05, 0.1) is 30.4 Å². The highest BCUT2D eigenvalue weighted by molar-refractivity contribution is 6.02. The van der Waals surface area contributed by atoms with E-state index in [0.29, 0.717) is 29.0 Å². The molecular formula is C28H30F2N8O3. The molecule has 0 saturated heterocycles. The summed E-state index contributed by atoms with van der Waals surface area (Å²) < 4.78 is 34.3. The van der Waals surface area contributed by atoms with E-state index < -0.39 is 23.1 Å². The van der Waals surface area contributed by atoms with E-state index in [4.69, 9.17) is 4.74 Å². The number of carbonyl (C=O) groups is 2. The first-order valence-corrected chi connectivity index (χ1v) is 13.0. The number of aromatic nitrogens is 3. The van der Waals surface area contributed by atoms with Crippen molar-refractivity contribution < 1.29 is 23.1 Å². The van der Waals surface area contributed by atoms with Crippen LogP contribution in [0.2, 0.25) is 0 Å². The van der Waals surface area contributed by atoms with Gasteiger partial charge in [-0.3, -0.25) is 9.59 Å². The number of amides is 2. The van der Waals surface area contributed by atoms with Crippen molar-refractivity contribution in [3.8, 4) is 5.75 Å². The topological polar surface area (TPSA) is 128 Å². The monoisotopic (exact) mass is 564 g/mol. The lowest BCUT2D eigenvalue weighted by Gasteiger charge is -2.31. The minimum Gasteiger partial charge on any atom is -0.495 e. The Labute approximate surface area is 234 Å². The zero-order valence-electron chi connectivity index (χ0n) is 23.1. The van der Waals surface area contributed by atoms with Crippen LogP contribution in [0.3, 0.4) is 0 Å². The summed E-state index contributed by atoms with van der Waals surface area (Å²) in [5.74, 6) is -2.29. The number of hydrogen-bond donors (Lipinski definition) is 4. The molecule has 4 N–H and O–H groups in total. The number of anilines is 5. The molecule has 0 bridgehead atoms. The summed E-state index contributed by atoms with van der Waals surface area (Å²) >= 11 is 0. The van der Waals surface area contributed by atoms with Crippen molar-refractivity contribution in [3.05, 3.63) is 59.3 Å². The minimum atomic E-state index is -1.28. The number of aryl methyl sites for hydroxylation is 1. The Morgan fingerprint density at radius 2 is 1.93 bits per heavy atom. The second-order valence-corrected chi connectivity index (χ2v) is 9.82. The van der Waals surface area contributed by atoms with Crippen LogP contribution in [-0.4, -0.2) is 73.0 Å². The molecule has 0 saturated carbocycles. The molecule has 13 heteroatoms. The molecule has 2 amide bonds. The molecule has 2 aromatic heterocycles. The van der Waals surface area contributed by atoms with Gasteiger partial charge in [0.2, 0.25) is 11.9 Å². The standard InChI is InChI=1S/C28H30F2N8O3/c1-31-27(40)23-18(8-7-17(29)24(23)30)33-26-16-9-10-32-25(16)35-28(36-26)34-19-13-20-15(12-21(19)41-4)6-5-11-38(20)22(39)14-37(2)3/h7-10,12-13H,5-6,11,14H2,1-4H3,(H,31,40)(H3,32,33,34,35,36). The van der Waals surface area contributed by atoms with Gasteiger partial charge in [-0.05, 0) is 62.8 Å². The maximum absolute atomic E-state index is 14.6. The molecular weight excluding hydrogens is 534 g/mol. The first kappa shape index (κ1) is 27.8. The van der Waals surface area contributed by atoms with E-state index in [0.717, 1.165) is 30.2 Å². The number of carbonyl (C=O) groups excluding carboxylic acids is 2. The lowest BCUT2D eigenvalue weighted by molar-refractivity contribution is -0.119. The fourth-order valence-electron chi connectivity index (χ4n) is 4.83. The van der Waals surface area contributed by atoms with Crippen LogP contribution in [0.4, 0.5) is 37.6 Å². The normalized spacial score (nSPS) is 12.8. The predicted octanol–water partition coefficient (Wildman–Crippen LogP) is 3.93. The smallest absolute Gasteiger partial charge is 0.256 e. The summed E-state index contributed by atoms with van der Waals surface area (Å²) in [6.45, 7) is 0.879. The number of hydrogen-bond acceptors (Lipinski definition) is 8. The third kappa shape index (κ3) is 5.48. The molecule has 1 aliphatic heterocycles. The second-order valence-electron chi connectivity index (χ2n) is 9.82. The van der Waals surface area contributed by atoms with Gasteiger partial charge < -0.3 is 35.5 Å². The second kappa shape index (κ2) is 11.4. The number of benzene rings is 2. The molecule has 214 valence electrons. The number of methoxy groups -OCH3 is 1. The van der Waals surface area contributed by atoms with E-state index in [1.54, 1.807) is 24.3 Å². The van der Waals surface area contributed by atoms with Crippen LogP contribution >= 0.6 is 0 Å². The Hall–Kier alpha value is -4.78. The van der Waals surface area contributed by atoms with Crippen molar-refractivity contribution in [3.63, 3.8) is 0 Å². The molecule has 0 spiro atoms. The van der Waals surface area contributed by atoms with Gasteiger partial charge in [0.25, 0.3) is 5.91 Å². The van der Waals surface area contributed by atoms with E-state index in [2.05, 4.69) is 30.9 Å². The average molecular weight is 565 g/mol. The van der Waals surface area contributed by atoms with Gasteiger partial charge in [-0.2, -0.15) is 9.97 Å². The Bertz CT molecular complexity index is 1640. The lowest BCUT2D eigenvalue weighted by Crippen LogP contribution is -2.40. The Balaban J connectivity index is 1.54. The predicted molar refractivity (Wildman–Crippen MR) is 152 cm³/mol. The number of nitrogens with zero attached hydrogens (tertiary/aromatic N) is 4. The Morgan fingerprint density at radius 1 is 1.12 bits per heavy atom. The molecule has 0 radical (unpaired) electrons. The van der Waals surface area contributed by atoms with Crippen molar-refractivity contribution >= 4 is 51.7 Å². The number of halogens is 2. The molecule has 41 heavy (non-hydrogen) atoms. The van der Waals surface area contributed by atoms with Crippen molar-refractivity contribution in [1.29, 1.82) is 0 Å². The first-order valence-electron chi connectivity index (χ1n) is 13.0. The highest BCUT2D eigenvalue weighted by Crippen LogP contribution is 2.38. The first-order chi connectivity index (χ1) is 19.7. The van der Waals surface area contributed by atoms with Gasteiger partial charge >= 0.3 is 0 Å². The van der Waals surface area contributed by atoms with Gasteiger partial charge in [-0.1, -0.05) is 0 Å². The minimum absolute atomic E-state index is 0.0129. The summed E-state index contributed by atoms with van der Waals surface area (Å²) in [6.07, 6.45) is 3.30. The molecule has 3 heterocycles. The van der Waals surface area contributed by atoms with Crippen LogP contribution in [0, 0.1) is 11.6 Å². The van der Waals surface area contributed by atoms with Crippen molar-refractivity contribution in [2.75, 3.05) is 56.9 Å². The van der Waals surface area contributed by atoms with Gasteiger partial charge in [0, 0.05) is 25.5 Å². The number of rotatable bonds is 8. The molecule has 4 aromatic rings. The number of ether oxygens (including phenoxy) is 1. The molecule has 2 aromatic carbocycles. The number of H-pyrrole nitrogens is 1. The summed E-state index contributed by atoms with van der Waals surface area (Å²) in [5, 5.41) is 9.03. The zero-order valence-corrected chi connectivity index (χ0v) is 23.1. The fraction of sp³-hybridized carbons (Fsp3) is 0.286. The average Bonchev–Trinajstić information content (AvgIpc) is 3.43. The van der Waals surface area contributed by atoms with Crippen LogP contribution in [0.1, 0.15) is 22.3 Å². The Morgan fingerprint density at radius 3 is 2.66 bits per heavy atom. The van der Waals surface area contributed by atoms with Crippen LogP contribution in [0.25, 0.3) is 11.0 Å². The molecule has 0 fully saturated rings. The number of nitrogens with one attached hydrogen (secondary N) is 4. The zero-order chi connectivity index (χ0) is 29.3. The summed E-state index contributed by atoms with van der Waals surface area (Å²) in [4.78, 5) is 41.1. The maximum Gasteiger partial charge on any atom is 0.256 e. The van der Waals surface area contributed by atoms with Crippen LogP contribution in [0.5, 0.6) is 5.75 Å². The molecule has 0 atom stereocenters. The number of aromatic amines is 1. The summed E-state index contributed by atoms with van der Waals surface area (Å²) in [6, 6.07) is 7.66. The van der Waals surface area contributed by atoms with E-state index in [1.807, 2.05) is 31.1 Å². The summed E-state index contributed by atoms with van der Waals surface area (Å²) in [5.41, 5.74) is 2.30. The number of fused-ring (bicyclic) bond motifs is 2. The molecule has 5 rings (SSSR count).